The molecule has 1 heterocycles. The lowest BCUT2D eigenvalue weighted by atomic mass is 9.86. The van der Waals surface area contributed by atoms with Gasteiger partial charge in [0.1, 0.15) is 0 Å². The molecule has 3 rings (SSSR count). The van der Waals surface area contributed by atoms with Crippen LogP contribution in [0.1, 0.15) is 37.7 Å². The molecule has 1 saturated carbocycles. The number of nitrogens with zero attached hydrogens (tertiary/aromatic N) is 2. The van der Waals surface area contributed by atoms with Gasteiger partial charge in [0.05, 0.1) is 5.75 Å². The lowest BCUT2D eigenvalue weighted by Gasteiger charge is -2.34. The van der Waals surface area contributed by atoms with Gasteiger partial charge in [-0.2, -0.15) is 0 Å². The first-order valence-corrected chi connectivity index (χ1v) is 12.2. The second-order valence-corrected chi connectivity index (χ2v) is 9.98. The maximum Gasteiger partial charge on any atom is 0.213 e. The molecule has 0 radical (unpaired) electrons. The summed E-state index contributed by atoms with van der Waals surface area (Å²) >= 11 is 0. The third kappa shape index (κ3) is 8.05. The van der Waals surface area contributed by atoms with Crippen LogP contribution < -0.4 is 10.0 Å². The first-order chi connectivity index (χ1) is 13.6. The van der Waals surface area contributed by atoms with Gasteiger partial charge in [0.15, 0.2) is 5.96 Å². The van der Waals surface area contributed by atoms with Crippen molar-refractivity contribution in [2.75, 3.05) is 39.0 Å². The van der Waals surface area contributed by atoms with Gasteiger partial charge in [0.25, 0.3) is 0 Å². The van der Waals surface area contributed by atoms with Gasteiger partial charge in [0, 0.05) is 33.2 Å². The van der Waals surface area contributed by atoms with Gasteiger partial charge in [-0.3, -0.25) is 4.99 Å². The van der Waals surface area contributed by atoms with Gasteiger partial charge in [-0.1, -0.05) is 36.8 Å². The zero-order valence-corrected chi connectivity index (χ0v) is 20.5. The summed E-state index contributed by atoms with van der Waals surface area (Å²) in [4.78, 5) is 6.60. The summed E-state index contributed by atoms with van der Waals surface area (Å²) in [7, 11) is -1.45. The van der Waals surface area contributed by atoms with Crippen molar-refractivity contribution in [2.45, 2.75) is 38.5 Å². The SMILES string of the molecule is CN=C(NCCS(=O)(=O)NCC1CCC1)N1CCC(Cc2ccccc2)CC1.I. The van der Waals surface area contributed by atoms with Crippen LogP contribution in [0, 0.1) is 11.8 Å². The number of aliphatic imine (C=N–C) groups is 1. The number of nitrogens with one attached hydrogen (secondary N) is 2. The molecule has 1 aromatic carbocycles. The number of guanidine groups is 1. The van der Waals surface area contributed by atoms with Gasteiger partial charge in [-0.25, -0.2) is 13.1 Å². The van der Waals surface area contributed by atoms with Crippen molar-refractivity contribution in [3.63, 3.8) is 0 Å². The summed E-state index contributed by atoms with van der Waals surface area (Å²) in [5, 5.41) is 3.23. The fourth-order valence-corrected chi connectivity index (χ4v) is 4.94. The fourth-order valence-electron chi connectivity index (χ4n) is 3.94. The Labute approximate surface area is 193 Å². The van der Waals surface area contributed by atoms with E-state index in [4.69, 9.17) is 0 Å². The normalized spacial score (nSPS) is 18.8. The van der Waals surface area contributed by atoms with Crippen LogP contribution in [0.25, 0.3) is 0 Å². The maximum absolute atomic E-state index is 12.1. The number of sulfonamides is 1. The van der Waals surface area contributed by atoms with E-state index in [1.54, 1.807) is 7.05 Å². The second-order valence-electron chi connectivity index (χ2n) is 8.06. The topological polar surface area (TPSA) is 73.8 Å². The fraction of sp³-hybridized carbons (Fsp3) is 0.667. The molecular formula is C21H35IN4O2S. The molecule has 1 aliphatic heterocycles. The molecule has 29 heavy (non-hydrogen) atoms. The quantitative estimate of drug-likeness (QED) is 0.306. The minimum absolute atomic E-state index is 0. The highest BCUT2D eigenvalue weighted by Crippen LogP contribution is 2.25. The van der Waals surface area contributed by atoms with Crippen LogP contribution in [-0.4, -0.2) is 58.3 Å². The highest BCUT2D eigenvalue weighted by Gasteiger charge is 2.23. The van der Waals surface area contributed by atoms with E-state index in [0.717, 1.165) is 51.2 Å². The van der Waals surface area contributed by atoms with Crippen LogP contribution in [0.4, 0.5) is 0 Å². The van der Waals surface area contributed by atoms with E-state index in [2.05, 4.69) is 50.3 Å². The number of halogens is 1. The minimum Gasteiger partial charge on any atom is -0.355 e. The van der Waals surface area contributed by atoms with Gasteiger partial charge >= 0.3 is 0 Å². The summed E-state index contributed by atoms with van der Waals surface area (Å²) in [6.45, 7) is 2.90. The molecule has 0 atom stereocenters. The molecule has 1 aromatic rings. The van der Waals surface area contributed by atoms with Crippen LogP contribution in [0.5, 0.6) is 0 Å². The van der Waals surface area contributed by atoms with Crippen LogP contribution in [0.2, 0.25) is 0 Å². The number of benzene rings is 1. The van der Waals surface area contributed by atoms with Crippen LogP contribution >= 0.6 is 24.0 Å². The third-order valence-corrected chi connectivity index (χ3v) is 7.31. The predicted octanol–water partition coefficient (Wildman–Crippen LogP) is 2.85. The minimum atomic E-state index is -3.22. The summed E-state index contributed by atoms with van der Waals surface area (Å²) < 4.78 is 27.0. The van der Waals surface area contributed by atoms with Crippen molar-refractivity contribution in [1.82, 2.24) is 14.9 Å². The zero-order valence-electron chi connectivity index (χ0n) is 17.3. The van der Waals surface area contributed by atoms with Crippen molar-refractivity contribution in [3.8, 4) is 0 Å². The highest BCUT2D eigenvalue weighted by molar-refractivity contribution is 14.0. The lowest BCUT2D eigenvalue weighted by molar-refractivity contribution is 0.259. The summed E-state index contributed by atoms with van der Waals surface area (Å²) in [6.07, 6.45) is 6.92. The van der Waals surface area contributed by atoms with Crippen molar-refractivity contribution < 1.29 is 8.42 Å². The molecule has 0 spiro atoms. The van der Waals surface area contributed by atoms with Gasteiger partial charge in [-0.15, -0.1) is 24.0 Å². The van der Waals surface area contributed by atoms with Gasteiger partial charge < -0.3 is 10.2 Å². The first kappa shape index (κ1) is 24.4. The number of hydrogen-bond acceptors (Lipinski definition) is 3. The van der Waals surface area contributed by atoms with E-state index in [0.29, 0.717) is 24.9 Å². The number of piperidine rings is 1. The Balaban J connectivity index is 0.00000300. The molecule has 1 saturated heterocycles. The smallest absolute Gasteiger partial charge is 0.213 e. The molecule has 0 unspecified atom stereocenters. The van der Waals surface area contributed by atoms with E-state index in [-0.39, 0.29) is 29.7 Å². The van der Waals surface area contributed by atoms with Crippen molar-refractivity contribution in [1.29, 1.82) is 0 Å². The molecule has 2 N–H and O–H groups in total. The van der Waals surface area contributed by atoms with E-state index < -0.39 is 10.0 Å². The van der Waals surface area contributed by atoms with Crippen molar-refractivity contribution >= 4 is 40.0 Å². The molecule has 0 aromatic heterocycles. The average Bonchev–Trinajstić information content (AvgIpc) is 2.65. The molecule has 0 bridgehead atoms. The van der Waals surface area contributed by atoms with E-state index in [9.17, 15) is 8.42 Å². The molecule has 164 valence electrons. The van der Waals surface area contributed by atoms with Gasteiger partial charge in [-0.05, 0) is 49.5 Å². The highest BCUT2D eigenvalue weighted by atomic mass is 127. The summed E-state index contributed by atoms with van der Waals surface area (Å²) in [6, 6.07) is 10.7. The molecule has 1 aliphatic carbocycles. The Morgan fingerprint density at radius 1 is 1.10 bits per heavy atom. The maximum atomic E-state index is 12.1. The molecule has 0 amide bonds. The first-order valence-electron chi connectivity index (χ1n) is 10.5. The molecule has 8 heteroatoms. The number of likely N-dealkylation sites (tertiary alicyclic amines) is 1. The van der Waals surface area contributed by atoms with Crippen LogP contribution in [0.15, 0.2) is 35.3 Å². The standard InChI is InChI=1S/C21H34N4O2S.HI/c1-22-21(23-12-15-28(26,27)24-17-20-8-5-9-20)25-13-10-19(11-14-25)16-18-6-3-2-4-7-18;/h2-4,6-7,19-20,24H,5,8-17H2,1H3,(H,22,23);1H. The van der Waals surface area contributed by atoms with E-state index >= 15 is 0 Å². The Bertz CT molecular complexity index is 730. The molecule has 2 aliphatic rings. The summed E-state index contributed by atoms with van der Waals surface area (Å²) in [5.74, 6) is 2.14. The Morgan fingerprint density at radius 2 is 1.79 bits per heavy atom. The predicted molar refractivity (Wildman–Crippen MR) is 130 cm³/mol. The third-order valence-electron chi connectivity index (χ3n) is 5.96. The van der Waals surface area contributed by atoms with E-state index in [1.807, 2.05) is 0 Å². The molecular weight excluding hydrogens is 499 g/mol. The zero-order chi connectivity index (χ0) is 19.8. The van der Waals surface area contributed by atoms with E-state index in [1.165, 1.54) is 12.0 Å². The molecule has 2 fully saturated rings. The monoisotopic (exact) mass is 534 g/mol. The Morgan fingerprint density at radius 3 is 2.38 bits per heavy atom. The Hall–Kier alpha value is -0.870. The van der Waals surface area contributed by atoms with Crippen molar-refractivity contribution in [3.05, 3.63) is 35.9 Å². The lowest BCUT2D eigenvalue weighted by Crippen LogP contribution is -2.47. The molecule has 6 nitrogen and oxygen atoms in total. The summed E-state index contributed by atoms with van der Waals surface area (Å²) in [5.41, 5.74) is 1.41. The van der Waals surface area contributed by atoms with Crippen molar-refractivity contribution in [2.24, 2.45) is 16.8 Å². The Kier molecular flexibility index (Phi) is 10.2. The van der Waals surface area contributed by atoms with Crippen LogP contribution in [-0.2, 0) is 16.4 Å². The van der Waals surface area contributed by atoms with Crippen LogP contribution in [0.3, 0.4) is 0 Å². The second kappa shape index (κ2) is 12.1. The largest absolute Gasteiger partial charge is 0.355 e. The average molecular weight is 535 g/mol. The van der Waals surface area contributed by atoms with Gasteiger partial charge in [0.2, 0.25) is 10.0 Å². The number of hydrogen-bond donors (Lipinski definition) is 2. The number of rotatable bonds is 8.